The lowest BCUT2D eigenvalue weighted by Gasteiger charge is -2.04. The van der Waals surface area contributed by atoms with Gasteiger partial charge < -0.3 is 10.8 Å². The summed E-state index contributed by atoms with van der Waals surface area (Å²) < 4.78 is 0. The molecule has 1 heterocycles. The minimum Gasteiger partial charge on any atom is -0.386 e. The van der Waals surface area contributed by atoms with Gasteiger partial charge in [-0.2, -0.15) is 0 Å². The molecule has 0 amide bonds. The van der Waals surface area contributed by atoms with Crippen molar-refractivity contribution in [2.45, 2.75) is 45.8 Å². The zero-order valence-electron chi connectivity index (χ0n) is 8.79. The number of hydrogen-bond acceptors (Lipinski definition) is 4. The van der Waals surface area contributed by atoms with E-state index >= 15 is 0 Å². The first-order valence-electron chi connectivity index (χ1n) is 5.03. The van der Waals surface area contributed by atoms with Crippen LogP contribution in [0.5, 0.6) is 0 Å². The van der Waals surface area contributed by atoms with E-state index in [1.165, 1.54) is 11.3 Å². The molecular formula is C10H18N2OS. The third-order valence-corrected chi connectivity index (χ3v) is 3.49. The predicted octanol–water partition coefficient (Wildman–Crippen LogP) is 2.13. The Kier molecular flexibility index (Phi) is 4.51. The molecule has 1 unspecified atom stereocenters. The number of thiazole rings is 1. The van der Waals surface area contributed by atoms with Gasteiger partial charge in [0.05, 0.1) is 5.69 Å². The summed E-state index contributed by atoms with van der Waals surface area (Å²) in [5, 5.41) is 10.6. The van der Waals surface area contributed by atoms with E-state index in [2.05, 4.69) is 11.9 Å². The summed E-state index contributed by atoms with van der Waals surface area (Å²) in [7, 11) is 0. The van der Waals surface area contributed by atoms with Crippen LogP contribution in [-0.2, 0) is 6.54 Å². The lowest BCUT2D eigenvalue weighted by Crippen LogP contribution is -1.96. The Labute approximate surface area is 89.0 Å². The van der Waals surface area contributed by atoms with Crippen LogP contribution in [0, 0.1) is 6.92 Å². The second kappa shape index (κ2) is 5.44. The summed E-state index contributed by atoms with van der Waals surface area (Å²) in [4.78, 5) is 5.40. The van der Waals surface area contributed by atoms with Crippen molar-refractivity contribution in [3.05, 3.63) is 15.6 Å². The monoisotopic (exact) mass is 214 g/mol. The summed E-state index contributed by atoms with van der Waals surface area (Å²) in [5.41, 5.74) is 6.51. The number of unbranched alkanes of at least 4 members (excludes halogenated alkanes) is 1. The van der Waals surface area contributed by atoms with E-state index < -0.39 is 6.10 Å². The molecule has 0 fully saturated rings. The zero-order valence-corrected chi connectivity index (χ0v) is 9.60. The molecule has 0 bridgehead atoms. The Balaban J connectivity index is 2.65. The average molecular weight is 214 g/mol. The van der Waals surface area contributed by atoms with Gasteiger partial charge in [-0.1, -0.05) is 19.8 Å². The lowest BCUT2D eigenvalue weighted by molar-refractivity contribution is 0.163. The van der Waals surface area contributed by atoms with Gasteiger partial charge in [0, 0.05) is 11.4 Å². The highest BCUT2D eigenvalue weighted by Gasteiger charge is 2.13. The maximum Gasteiger partial charge on any atom is 0.122 e. The number of nitrogens with zero attached hydrogens (tertiary/aromatic N) is 1. The highest BCUT2D eigenvalue weighted by molar-refractivity contribution is 7.11. The van der Waals surface area contributed by atoms with Crippen LogP contribution in [0.3, 0.4) is 0 Å². The fourth-order valence-corrected chi connectivity index (χ4v) is 2.27. The molecule has 1 atom stereocenters. The molecule has 0 aliphatic heterocycles. The maximum absolute atomic E-state index is 9.79. The Hall–Kier alpha value is -0.450. The van der Waals surface area contributed by atoms with Gasteiger partial charge in [0.15, 0.2) is 0 Å². The first kappa shape index (κ1) is 11.6. The van der Waals surface area contributed by atoms with E-state index in [1.54, 1.807) is 0 Å². The highest BCUT2D eigenvalue weighted by Crippen LogP contribution is 2.26. The molecule has 0 saturated carbocycles. The Morgan fingerprint density at radius 3 is 2.79 bits per heavy atom. The molecular weight excluding hydrogens is 196 g/mol. The van der Waals surface area contributed by atoms with Crippen LogP contribution in [0.1, 0.15) is 47.9 Å². The maximum atomic E-state index is 9.79. The molecule has 4 heteroatoms. The smallest absolute Gasteiger partial charge is 0.122 e. The normalized spacial score (nSPS) is 13.1. The van der Waals surface area contributed by atoms with Crippen molar-refractivity contribution in [1.29, 1.82) is 0 Å². The summed E-state index contributed by atoms with van der Waals surface area (Å²) >= 11 is 1.53. The number of aliphatic hydroxyl groups is 1. The number of rotatable bonds is 5. The number of aryl methyl sites for hydroxylation is 1. The van der Waals surface area contributed by atoms with E-state index in [9.17, 15) is 5.11 Å². The van der Waals surface area contributed by atoms with E-state index in [0.29, 0.717) is 6.54 Å². The summed E-state index contributed by atoms with van der Waals surface area (Å²) in [5.74, 6) is 0. The van der Waals surface area contributed by atoms with Gasteiger partial charge in [0.1, 0.15) is 11.1 Å². The van der Waals surface area contributed by atoms with E-state index in [1.807, 2.05) is 6.92 Å². The first-order valence-corrected chi connectivity index (χ1v) is 5.85. The van der Waals surface area contributed by atoms with Gasteiger partial charge >= 0.3 is 0 Å². The van der Waals surface area contributed by atoms with Gasteiger partial charge in [0.2, 0.25) is 0 Å². The van der Waals surface area contributed by atoms with Crippen molar-refractivity contribution >= 4 is 11.3 Å². The van der Waals surface area contributed by atoms with Gasteiger partial charge in [-0.05, 0) is 13.3 Å². The summed E-state index contributed by atoms with van der Waals surface area (Å²) in [6.07, 6.45) is 2.54. The lowest BCUT2D eigenvalue weighted by atomic mass is 10.2. The van der Waals surface area contributed by atoms with Crippen LogP contribution in [0.2, 0.25) is 0 Å². The SMILES string of the molecule is CCCCC(O)c1nc(C)c(CN)s1. The van der Waals surface area contributed by atoms with Crippen molar-refractivity contribution in [3.8, 4) is 0 Å². The van der Waals surface area contributed by atoms with Crippen molar-refractivity contribution in [2.75, 3.05) is 0 Å². The van der Waals surface area contributed by atoms with E-state index in [4.69, 9.17) is 5.73 Å². The summed E-state index contributed by atoms with van der Waals surface area (Å²) in [6.45, 7) is 4.57. The topological polar surface area (TPSA) is 59.1 Å². The molecule has 1 aromatic heterocycles. The minimum absolute atomic E-state index is 0.404. The standard InChI is InChI=1S/C10H18N2OS/c1-3-4-5-8(13)10-12-7(2)9(6-11)14-10/h8,13H,3-6,11H2,1-2H3. The third-order valence-electron chi connectivity index (χ3n) is 2.21. The van der Waals surface area contributed by atoms with Crippen LogP contribution >= 0.6 is 11.3 Å². The number of aromatic nitrogens is 1. The van der Waals surface area contributed by atoms with Crippen molar-refractivity contribution in [2.24, 2.45) is 5.73 Å². The molecule has 0 spiro atoms. The second-order valence-corrected chi connectivity index (χ2v) is 4.54. The van der Waals surface area contributed by atoms with Gasteiger partial charge in [-0.15, -0.1) is 11.3 Å². The van der Waals surface area contributed by atoms with Gasteiger partial charge in [-0.3, -0.25) is 0 Å². The molecule has 3 nitrogen and oxygen atoms in total. The number of hydrogen-bond donors (Lipinski definition) is 2. The molecule has 0 radical (unpaired) electrons. The minimum atomic E-state index is -0.404. The second-order valence-electron chi connectivity index (χ2n) is 3.42. The van der Waals surface area contributed by atoms with Crippen LogP contribution in [-0.4, -0.2) is 10.1 Å². The molecule has 3 N–H and O–H groups in total. The summed E-state index contributed by atoms with van der Waals surface area (Å²) in [6, 6.07) is 0. The first-order chi connectivity index (χ1) is 6.69. The largest absolute Gasteiger partial charge is 0.386 e. The molecule has 0 aliphatic carbocycles. The van der Waals surface area contributed by atoms with Crippen molar-refractivity contribution in [3.63, 3.8) is 0 Å². The molecule has 0 aromatic carbocycles. The predicted molar refractivity (Wildman–Crippen MR) is 59.2 cm³/mol. The number of nitrogens with two attached hydrogens (primary N) is 1. The van der Waals surface area contributed by atoms with E-state index in [0.717, 1.165) is 34.8 Å². The van der Waals surface area contributed by atoms with Crippen molar-refractivity contribution in [1.82, 2.24) is 4.98 Å². The fourth-order valence-electron chi connectivity index (χ4n) is 1.30. The molecule has 1 rings (SSSR count). The highest BCUT2D eigenvalue weighted by atomic mass is 32.1. The van der Waals surface area contributed by atoms with Gasteiger partial charge in [-0.25, -0.2) is 4.98 Å². The van der Waals surface area contributed by atoms with Crippen molar-refractivity contribution < 1.29 is 5.11 Å². The molecule has 14 heavy (non-hydrogen) atoms. The van der Waals surface area contributed by atoms with Crippen LogP contribution in [0.25, 0.3) is 0 Å². The quantitative estimate of drug-likeness (QED) is 0.789. The molecule has 80 valence electrons. The third kappa shape index (κ3) is 2.77. The van der Waals surface area contributed by atoms with E-state index in [-0.39, 0.29) is 0 Å². The van der Waals surface area contributed by atoms with Crippen LogP contribution in [0.4, 0.5) is 0 Å². The fraction of sp³-hybridized carbons (Fsp3) is 0.700. The number of aliphatic hydroxyl groups excluding tert-OH is 1. The Morgan fingerprint density at radius 2 is 2.29 bits per heavy atom. The Morgan fingerprint density at radius 1 is 1.57 bits per heavy atom. The average Bonchev–Trinajstić information content (AvgIpc) is 2.56. The molecule has 1 aromatic rings. The van der Waals surface area contributed by atoms with Gasteiger partial charge in [0.25, 0.3) is 0 Å². The van der Waals surface area contributed by atoms with Crippen LogP contribution in [0.15, 0.2) is 0 Å². The molecule has 0 saturated heterocycles. The van der Waals surface area contributed by atoms with Crippen LogP contribution < -0.4 is 5.73 Å². The zero-order chi connectivity index (χ0) is 10.6. The Bertz CT molecular complexity index is 286. The molecule has 0 aliphatic rings.